The zero-order valence-corrected chi connectivity index (χ0v) is 13.9. The molecule has 0 N–H and O–H groups in total. The van der Waals surface area contributed by atoms with Gasteiger partial charge in [-0.25, -0.2) is 0 Å². The third-order valence-electron chi connectivity index (χ3n) is 4.30. The Labute approximate surface area is 139 Å². The molecule has 0 aliphatic heterocycles. The van der Waals surface area contributed by atoms with Crippen LogP contribution in [0.3, 0.4) is 0 Å². The number of hydrogen-bond acceptors (Lipinski definition) is 1. The van der Waals surface area contributed by atoms with E-state index in [1.165, 1.54) is 43.7 Å². The lowest BCUT2D eigenvalue weighted by atomic mass is 9.86. The molecule has 1 aliphatic rings. The summed E-state index contributed by atoms with van der Waals surface area (Å²) in [5.41, 5.74) is 4.63. The molecule has 1 saturated carbocycles. The fourth-order valence-electron chi connectivity index (χ4n) is 3.18. The second-order valence-corrected chi connectivity index (χ2v) is 6.33. The second-order valence-electron chi connectivity index (χ2n) is 5.96. The van der Waals surface area contributed by atoms with Crippen molar-refractivity contribution < 1.29 is 4.79 Å². The first-order chi connectivity index (χ1) is 10.8. The molecule has 0 atom stereocenters. The highest BCUT2D eigenvalue weighted by Crippen LogP contribution is 2.33. The molecule has 0 aromatic heterocycles. The first-order valence-corrected chi connectivity index (χ1v) is 8.77. The van der Waals surface area contributed by atoms with Crippen molar-refractivity contribution in [2.75, 3.05) is 0 Å². The van der Waals surface area contributed by atoms with E-state index in [1.807, 2.05) is 6.08 Å². The Kier molecular flexibility index (Phi) is 7.45. The molecule has 1 aromatic carbocycles. The zero-order chi connectivity index (χ0) is 15.6. The van der Waals surface area contributed by atoms with E-state index in [0.29, 0.717) is 0 Å². The monoisotopic (exact) mass is 316 g/mol. The maximum Gasteiger partial charge on any atom is 0.244 e. The Hall–Kier alpha value is -1.34. The maximum absolute atomic E-state index is 10.6. The number of unbranched alkanes of at least 4 members (excludes halogenated alkanes) is 2. The Morgan fingerprint density at radius 2 is 1.77 bits per heavy atom. The van der Waals surface area contributed by atoms with Crippen LogP contribution in [0, 0.1) is 0 Å². The third kappa shape index (κ3) is 5.81. The maximum atomic E-state index is 10.6. The molecule has 2 rings (SSSR count). The van der Waals surface area contributed by atoms with E-state index >= 15 is 0 Å². The highest BCUT2D eigenvalue weighted by molar-refractivity contribution is 6.66. The number of carbonyl (C=O) groups excluding carboxylic acids is 1. The van der Waals surface area contributed by atoms with Crippen molar-refractivity contribution in [1.29, 1.82) is 0 Å². The molecular formula is C20H25ClO. The van der Waals surface area contributed by atoms with E-state index in [9.17, 15) is 4.79 Å². The smallest absolute Gasteiger partial charge is 0.244 e. The molecule has 1 fully saturated rings. The lowest BCUT2D eigenvalue weighted by Crippen LogP contribution is -1.99. The minimum Gasteiger partial charge on any atom is -0.276 e. The van der Waals surface area contributed by atoms with E-state index in [4.69, 9.17) is 11.6 Å². The van der Waals surface area contributed by atoms with Crippen LogP contribution in [0.2, 0.25) is 0 Å². The van der Waals surface area contributed by atoms with Gasteiger partial charge >= 0.3 is 0 Å². The Balaban J connectivity index is 1.96. The molecule has 1 nitrogen and oxygen atoms in total. The lowest BCUT2D eigenvalue weighted by molar-refractivity contribution is -0.107. The van der Waals surface area contributed by atoms with Gasteiger partial charge in [-0.05, 0) is 80.2 Å². The standard InChI is InChI=1S/C20H25ClO/c21-20(22)16-10-2-1-9-15-19(17-11-5-3-6-12-17)18-13-7-4-8-14-18/h3,5-6,10-12,16H,1-2,4,7-9,13-15H2/b16-10+. The third-order valence-corrected chi connectivity index (χ3v) is 4.43. The molecule has 0 radical (unpaired) electrons. The van der Waals surface area contributed by atoms with Gasteiger partial charge in [0.05, 0.1) is 0 Å². The van der Waals surface area contributed by atoms with Crippen molar-refractivity contribution in [3.63, 3.8) is 0 Å². The van der Waals surface area contributed by atoms with Crippen LogP contribution in [0.15, 0.2) is 48.1 Å². The van der Waals surface area contributed by atoms with Crippen molar-refractivity contribution in [2.45, 2.75) is 57.8 Å². The molecule has 0 amide bonds. The largest absolute Gasteiger partial charge is 0.276 e. The summed E-state index contributed by atoms with van der Waals surface area (Å²) in [4.78, 5) is 10.6. The van der Waals surface area contributed by atoms with Crippen LogP contribution in [0.4, 0.5) is 0 Å². The van der Waals surface area contributed by atoms with Crippen molar-refractivity contribution in [2.24, 2.45) is 0 Å². The Morgan fingerprint density at radius 3 is 2.45 bits per heavy atom. The summed E-state index contributed by atoms with van der Waals surface area (Å²) in [5, 5.41) is -0.380. The fourth-order valence-corrected chi connectivity index (χ4v) is 3.27. The number of benzene rings is 1. The predicted molar refractivity (Wildman–Crippen MR) is 94.9 cm³/mol. The molecule has 0 heterocycles. The van der Waals surface area contributed by atoms with Crippen LogP contribution < -0.4 is 0 Å². The molecule has 0 spiro atoms. The summed E-state index contributed by atoms with van der Waals surface area (Å²) in [6, 6.07) is 10.8. The van der Waals surface area contributed by atoms with Gasteiger partial charge in [0, 0.05) is 0 Å². The van der Waals surface area contributed by atoms with E-state index in [2.05, 4.69) is 30.3 Å². The van der Waals surface area contributed by atoms with Crippen LogP contribution in [0.25, 0.3) is 5.57 Å². The molecule has 1 aliphatic carbocycles. The van der Waals surface area contributed by atoms with Gasteiger partial charge in [0.2, 0.25) is 5.24 Å². The average Bonchev–Trinajstić information content (AvgIpc) is 2.55. The number of carbonyl (C=O) groups is 1. The van der Waals surface area contributed by atoms with Crippen LogP contribution in [-0.2, 0) is 4.79 Å². The van der Waals surface area contributed by atoms with Crippen molar-refractivity contribution in [1.82, 2.24) is 0 Å². The average molecular weight is 317 g/mol. The van der Waals surface area contributed by atoms with Gasteiger partial charge in [0.1, 0.15) is 0 Å². The van der Waals surface area contributed by atoms with Crippen LogP contribution in [0.1, 0.15) is 63.4 Å². The summed E-state index contributed by atoms with van der Waals surface area (Å²) in [7, 11) is 0. The summed E-state index contributed by atoms with van der Waals surface area (Å²) < 4.78 is 0. The van der Waals surface area contributed by atoms with Gasteiger partial charge in [-0.1, -0.05) is 48.4 Å². The summed E-state index contributed by atoms with van der Waals surface area (Å²) in [5.74, 6) is 0. The molecule has 118 valence electrons. The number of rotatable bonds is 7. The molecule has 0 bridgehead atoms. The topological polar surface area (TPSA) is 17.1 Å². The van der Waals surface area contributed by atoms with E-state index in [0.717, 1.165) is 25.7 Å². The van der Waals surface area contributed by atoms with Gasteiger partial charge in [-0.2, -0.15) is 0 Å². The predicted octanol–water partition coefficient (Wildman–Crippen LogP) is 6.29. The van der Waals surface area contributed by atoms with Crippen molar-refractivity contribution in [3.05, 3.63) is 53.6 Å². The van der Waals surface area contributed by atoms with Crippen LogP contribution >= 0.6 is 11.6 Å². The molecule has 22 heavy (non-hydrogen) atoms. The van der Waals surface area contributed by atoms with E-state index < -0.39 is 0 Å². The number of halogens is 1. The summed E-state index contributed by atoms with van der Waals surface area (Å²) in [6.07, 6.45) is 14.3. The SMILES string of the molecule is O=C(Cl)/C=C/CCCCC(=C1CCCCC1)c1ccccc1. The number of hydrogen-bond donors (Lipinski definition) is 0. The molecular weight excluding hydrogens is 292 g/mol. The fraction of sp³-hybridized carbons (Fsp3) is 0.450. The van der Waals surface area contributed by atoms with Gasteiger partial charge in [-0.3, -0.25) is 4.79 Å². The normalized spacial score (nSPS) is 15.2. The first-order valence-electron chi connectivity index (χ1n) is 8.39. The van der Waals surface area contributed by atoms with Crippen LogP contribution in [-0.4, -0.2) is 5.24 Å². The van der Waals surface area contributed by atoms with Gasteiger partial charge in [0.25, 0.3) is 0 Å². The molecule has 0 saturated heterocycles. The minimum atomic E-state index is -0.380. The Bertz CT molecular complexity index is 520. The number of allylic oxidation sites excluding steroid dienone is 4. The zero-order valence-electron chi connectivity index (χ0n) is 13.2. The lowest BCUT2D eigenvalue weighted by Gasteiger charge is -2.20. The van der Waals surface area contributed by atoms with Crippen molar-refractivity contribution >= 4 is 22.4 Å². The molecule has 1 aromatic rings. The highest BCUT2D eigenvalue weighted by atomic mass is 35.5. The highest BCUT2D eigenvalue weighted by Gasteiger charge is 2.12. The molecule has 0 unspecified atom stereocenters. The quantitative estimate of drug-likeness (QED) is 0.328. The second kappa shape index (κ2) is 9.63. The minimum absolute atomic E-state index is 0.380. The van der Waals surface area contributed by atoms with Crippen LogP contribution in [0.5, 0.6) is 0 Å². The molecule has 2 heteroatoms. The van der Waals surface area contributed by atoms with E-state index in [-0.39, 0.29) is 5.24 Å². The van der Waals surface area contributed by atoms with Gasteiger partial charge in [-0.15, -0.1) is 0 Å². The van der Waals surface area contributed by atoms with Gasteiger partial charge < -0.3 is 0 Å². The van der Waals surface area contributed by atoms with Crippen molar-refractivity contribution in [3.8, 4) is 0 Å². The van der Waals surface area contributed by atoms with Gasteiger partial charge in [0.15, 0.2) is 0 Å². The first kappa shape index (κ1) is 17.0. The van der Waals surface area contributed by atoms with E-state index in [1.54, 1.807) is 11.1 Å². The summed E-state index contributed by atoms with van der Waals surface area (Å²) in [6.45, 7) is 0. The Morgan fingerprint density at radius 1 is 1.05 bits per heavy atom. The summed E-state index contributed by atoms with van der Waals surface area (Å²) >= 11 is 5.29.